The molecule has 0 bridgehead atoms. The highest BCUT2D eigenvalue weighted by Crippen LogP contribution is 2.37. The maximum Gasteiger partial charge on any atom is 0.306 e. The number of halogens is 2. The second-order valence-corrected chi connectivity index (χ2v) is 7.15. The molecule has 1 aromatic carbocycles. The molecule has 0 radical (unpaired) electrons. The minimum Gasteiger partial charge on any atom is -0.497 e. The van der Waals surface area contributed by atoms with Crippen molar-refractivity contribution in [2.24, 2.45) is 5.92 Å². The van der Waals surface area contributed by atoms with E-state index in [1.807, 2.05) is 0 Å². The molecular formula is C18H25F2NO3. The molecule has 1 saturated heterocycles. The molecule has 2 atom stereocenters. The van der Waals surface area contributed by atoms with Crippen LogP contribution in [0.25, 0.3) is 0 Å². The highest BCUT2D eigenvalue weighted by atomic mass is 19.1. The van der Waals surface area contributed by atoms with Crippen LogP contribution in [0.4, 0.5) is 8.78 Å². The number of carbonyl (C=O) groups is 1. The van der Waals surface area contributed by atoms with Crippen molar-refractivity contribution in [1.82, 2.24) is 5.32 Å². The lowest BCUT2D eigenvalue weighted by atomic mass is 9.79. The van der Waals surface area contributed by atoms with Crippen molar-refractivity contribution < 1.29 is 23.0 Å². The van der Waals surface area contributed by atoms with E-state index in [-0.39, 0.29) is 35.5 Å². The number of hydrogen-bond acceptors (Lipinski definition) is 4. The lowest BCUT2D eigenvalue weighted by molar-refractivity contribution is -0.156. The molecule has 4 nitrogen and oxygen atoms in total. The Kier molecular flexibility index (Phi) is 5.80. The minimum absolute atomic E-state index is 0.0332. The summed E-state index contributed by atoms with van der Waals surface area (Å²) in [5.41, 5.74) is -0.545. The van der Waals surface area contributed by atoms with Crippen molar-refractivity contribution in [3.05, 3.63) is 29.3 Å². The molecule has 0 aliphatic carbocycles. The zero-order chi connectivity index (χ0) is 17.9. The SMILES string of the molecule is COc1cc(F)c(C2CCNC[C@H]2CC(=O)OC(C)(C)C)c(F)c1. The Labute approximate surface area is 141 Å². The number of esters is 1. The van der Waals surface area contributed by atoms with Gasteiger partial charge in [0.2, 0.25) is 0 Å². The van der Waals surface area contributed by atoms with Gasteiger partial charge in [-0.1, -0.05) is 0 Å². The summed E-state index contributed by atoms with van der Waals surface area (Å²) in [6.07, 6.45) is 0.688. The number of nitrogens with one attached hydrogen (secondary N) is 1. The predicted molar refractivity (Wildman–Crippen MR) is 87.1 cm³/mol. The first-order chi connectivity index (χ1) is 11.2. The van der Waals surface area contributed by atoms with Gasteiger partial charge < -0.3 is 14.8 Å². The fourth-order valence-electron chi connectivity index (χ4n) is 3.15. The van der Waals surface area contributed by atoms with Crippen molar-refractivity contribution >= 4 is 5.97 Å². The van der Waals surface area contributed by atoms with Gasteiger partial charge in [0.25, 0.3) is 0 Å². The molecule has 0 spiro atoms. The quantitative estimate of drug-likeness (QED) is 0.853. The average Bonchev–Trinajstić information content (AvgIpc) is 2.46. The molecule has 1 aliphatic heterocycles. The largest absolute Gasteiger partial charge is 0.497 e. The summed E-state index contributed by atoms with van der Waals surface area (Å²) in [6, 6.07) is 2.37. The Hall–Kier alpha value is -1.69. The summed E-state index contributed by atoms with van der Waals surface area (Å²) < 4.78 is 39.1. The van der Waals surface area contributed by atoms with Gasteiger partial charge >= 0.3 is 5.97 Å². The van der Waals surface area contributed by atoms with E-state index >= 15 is 0 Å². The Morgan fingerprint density at radius 1 is 1.29 bits per heavy atom. The zero-order valence-corrected chi connectivity index (χ0v) is 14.6. The number of rotatable bonds is 4. The van der Waals surface area contributed by atoms with Gasteiger partial charge in [-0.3, -0.25) is 4.79 Å². The van der Waals surface area contributed by atoms with E-state index in [0.29, 0.717) is 19.5 Å². The summed E-state index contributed by atoms with van der Waals surface area (Å²) in [4.78, 5) is 12.1. The summed E-state index contributed by atoms with van der Waals surface area (Å²) in [7, 11) is 1.36. The third-order valence-corrected chi connectivity index (χ3v) is 4.12. The third kappa shape index (κ3) is 4.66. The highest BCUT2D eigenvalue weighted by Gasteiger charge is 2.33. The molecule has 1 aliphatic rings. The fraction of sp³-hybridized carbons (Fsp3) is 0.611. The van der Waals surface area contributed by atoms with E-state index in [2.05, 4.69) is 5.32 Å². The minimum atomic E-state index is -0.632. The number of piperidine rings is 1. The maximum absolute atomic E-state index is 14.4. The van der Waals surface area contributed by atoms with Crippen molar-refractivity contribution in [2.75, 3.05) is 20.2 Å². The Morgan fingerprint density at radius 3 is 2.46 bits per heavy atom. The third-order valence-electron chi connectivity index (χ3n) is 4.12. The topological polar surface area (TPSA) is 47.6 Å². The van der Waals surface area contributed by atoms with Gasteiger partial charge in [0.15, 0.2) is 0 Å². The zero-order valence-electron chi connectivity index (χ0n) is 14.6. The van der Waals surface area contributed by atoms with E-state index < -0.39 is 17.2 Å². The van der Waals surface area contributed by atoms with Crippen molar-refractivity contribution in [3.8, 4) is 5.75 Å². The molecule has 0 amide bonds. The van der Waals surface area contributed by atoms with Gasteiger partial charge in [-0.25, -0.2) is 8.78 Å². The van der Waals surface area contributed by atoms with Crippen molar-refractivity contribution in [2.45, 2.75) is 45.1 Å². The first-order valence-electron chi connectivity index (χ1n) is 8.16. The van der Waals surface area contributed by atoms with Crippen LogP contribution in [-0.2, 0) is 9.53 Å². The van der Waals surface area contributed by atoms with Crippen LogP contribution in [0.15, 0.2) is 12.1 Å². The second kappa shape index (κ2) is 7.47. The van der Waals surface area contributed by atoms with Crippen molar-refractivity contribution in [3.63, 3.8) is 0 Å². The van der Waals surface area contributed by atoms with Crippen molar-refractivity contribution in [1.29, 1.82) is 0 Å². The van der Waals surface area contributed by atoms with E-state index in [1.165, 1.54) is 19.2 Å². The summed E-state index contributed by atoms with van der Waals surface area (Å²) >= 11 is 0. The smallest absolute Gasteiger partial charge is 0.306 e. The molecule has 6 heteroatoms. The molecule has 1 unspecified atom stereocenters. The molecular weight excluding hydrogens is 316 g/mol. The van der Waals surface area contributed by atoms with Gasteiger partial charge in [-0.15, -0.1) is 0 Å². The number of methoxy groups -OCH3 is 1. The first-order valence-corrected chi connectivity index (χ1v) is 8.16. The van der Waals surface area contributed by atoms with E-state index in [4.69, 9.17) is 9.47 Å². The maximum atomic E-state index is 14.4. The molecule has 0 aromatic heterocycles. The molecule has 1 heterocycles. The number of ether oxygens (including phenoxy) is 2. The Morgan fingerprint density at radius 2 is 1.92 bits per heavy atom. The average molecular weight is 341 g/mol. The molecule has 1 N–H and O–H groups in total. The van der Waals surface area contributed by atoms with Gasteiger partial charge in [0, 0.05) is 17.7 Å². The van der Waals surface area contributed by atoms with Crippen LogP contribution < -0.4 is 10.1 Å². The van der Waals surface area contributed by atoms with Crippen LogP contribution in [-0.4, -0.2) is 31.8 Å². The van der Waals surface area contributed by atoms with Crippen LogP contribution in [0.5, 0.6) is 5.75 Å². The lowest BCUT2D eigenvalue weighted by Crippen LogP contribution is -2.38. The van der Waals surface area contributed by atoms with Crippen LogP contribution in [0, 0.1) is 17.6 Å². The summed E-state index contributed by atoms with van der Waals surface area (Å²) in [5, 5.41) is 3.19. The van der Waals surface area contributed by atoms with E-state index in [1.54, 1.807) is 20.8 Å². The molecule has 2 rings (SSSR count). The Balaban J connectivity index is 2.22. The predicted octanol–water partition coefficient (Wildman–Crippen LogP) is 3.40. The van der Waals surface area contributed by atoms with Gasteiger partial charge in [-0.05, 0) is 52.1 Å². The standard InChI is InChI=1S/C18H25F2NO3/c1-18(2,3)24-16(22)7-11-10-21-6-5-13(11)17-14(19)8-12(23-4)9-15(17)20/h8-9,11,13,21H,5-7,10H2,1-4H3/t11-,13?/m1/s1. The number of benzene rings is 1. The molecule has 134 valence electrons. The Bertz CT molecular complexity index is 575. The monoisotopic (exact) mass is 341 g/mol. The molecule has 0 saturated carbocycles. The van der Waals surface area contributed by atoms with E-state index in [9.17, 15) is 13.6 Å². The first kappa shape index (κ1) is 18.6. The number of carbonyl (C=O) groups excluding carboxylic acids is 1. The summed E-state index contributed by atoms with van der Waals surface area (Å²) in [6.45, 7) is 6.56. The van der Waals surface area contributed by atoms with E-state index in [0.717, 1.165) is 0 Å². The normalized spacial score (nSPS) is 21.4. The van der Waals surface area contributed by atoms with Gasteiger partial charge in [0.05, 0.1) is 13.5 Å². The molecule has 1 aromatic rings. The van der Waals surface area contributed by atoms with Crippen LogP contribution >= 0.6 is 0 Å². The molecule has 24 heavy (non-hydrogen) atoms. The van der Waals surface area contributed by atoms with Crippen LogP contribution in [0.1, 0.15) is 45.1 Å². The summed E-state index contributed by atoms with van der Waals surface area (Å²) in [5.74, 6) is -2.06. The lowest BCUT2D eigenvalue weighted by Gasteiger charge is -2.33. The number of hydrogen-bond donors (Lipinski definition) is 1. The molecule has 1 fully saturated rings. The van der Waals surface area contributed by atoms with Gasteiger partial charge in [-0.2, -0.15) is 0 Å². The highest BCUT2D eigenvalue weighted by molar-refractivity contribution is 5.70. The van der Waals surface area contributed by atoms with Crippen LogP contribution in [0.2, 0.25) is 0 Å². The van der Waals surface area contributed by atoms with Crippen LogP contribution in [0.3, 0.4) is 0 Å². The second-order valence-electron chi connectivity index (χ2n) is 7.15. The van der Waals surface area contributed by atoms with Gasteiger partial charge in [0.1, 0.15) is 23.0 Å². The fourth-order valence-corrected chi connectivity index (χ4v) is 3.15.